The van der Waals surface area contributed by atoms with Gasteiger partial charge in [0.15, 0.2) is 0 Å². The predicted molar refractivity (Wildman–Crippen MR) is 108 cm³/mol. The Morgan fingerprint density at radius 2 is 1.61 bits per heavy atom. The Morgan fingerprint density at radius 1 is 0.964 bits per heavy atom. The number of benzene rings is 2. The van der Waals surface area contributed by atoms with Gasteiger partial charge in [0.1, 0.15) is 0 Å². The smallest absolute Gasteiger partial charge is 0.292 e. The highest BCUT2D eigenvalue weighted by Gasteiger charge is 2.25. The molecule has 0 bridgehead atoms. The summed E-state index contributed by atoms with van der Waals surface area (Å²) >= 11 is 0. The number of anilines is 1. The average molecular weight is 379 g/mol. The van der Waals surface area contributed by atoms with Crippen LogP contribution in [0.25, 0.3) is 0 Å². The van der Waals surface area contributed by atoms with Crippen LogP contribution in [0.5, 0.6) is 0 Å². The maximum absolute atomic E-state index is 12.2. The van der Waals surface area contributed by atoms with Crippen molar-refractivity contribution < 1.29 is 14.4 Å². The van der Waals surface area contributed by atoms with Crippen molar-refractivity contribution in [3.63, 3.8) is 0 Å². The summed E-state index contributed by atoms with van der Waals surface area (Å²) in [6.07, 6.45) is 1.43. The summed E-state index contributed by atoms with van der Waals surface area (Å²) in [4.78, 5) is 38.7. The van der Waals surface area contributed by atoms with Crippen molar-refractivity contribution >= 4 is 23.3 Å². The summed E-state index contributed by atoms with van der Waals surface area (Å²) in [6, 6.07) is 16.3. The number of carbonyl (C=O) groups is 3. The summed E-state index contributed by atoms with van der Waals surface area (Å²) in [5, 5.41) is 5.70. The molecule has 0 radical (unpaired) electrons. The molecular formula is C22H25N3O3. The van der Waals surface area contributed by atoms with Gasteiger partial charge in [0.2, 0.25) is 11.7 Å². The van der Waals surface area contributed by atoms with Crippen LogP contribution in [0.4, 0.5) is 5.69 Å². The van der Waals surface area contributed by atoms with E-state index in [1.165, 1.54) is 0 Å². The summed E-state index contributed by atoms with van der Waals surface area (Å²) in [5.74, 6) is -1.13. The van der Waals surface area contributed by atoms with Crippen LogP contribution in [-0.2, 0) is 9.59 Å². The molecule has 1 aliphatic rings. The number of carbonyl (C=O) groups excluding carboxylic acids is 3. The molecule has 0 spiro atoms. The summed E-state index contributed by atoms with van der Waals surface area (Å²) in [5.41, 5.74) is 2.23. The molecule has 0 atom stereocenters. The molecular weight excluding hydrogens is 354 g/mol. The molecule has 2 N–H and O–H groups in total. The van der Waals surface area contributed by atoms with E-state index in [1.54, 1.807) is 12.1 Å². The quantitative estimate of drug-likeness (QED) is 0.597. The molecule has 1 aliphatic heterocycles. The lowest BCUT2D eigenvalue weighted by Gasteiger charge is -2.31. The van der Waals surface area contributed by atoms with Crippen LogP contribution in [0.1, 0.15) is 28.8 Å². The number of hydrogen-bond donors (Lipinski definition) is 2. The molecule has 0 aliphatic carbocycles. The first-order chi connectivity index (χ1) is 13.5. The first kappa shape index (κ1) is 19.8. The fraction of sp³-hybridized carbons (Fsp3) is 0.318. The van der Waals surface area contributed by atoms with Gasteiger partial charge >= 0.3 is 0 Å². The van der Waals surface area contributed by atoms with Gasteiger partial charge in [-0.05, 0) is 31.9 Å². The fourth-order valence-corrected chi connectivity index (χ4v) is 3.25. The summed E-state index contributed by atoms with van der Waals surface area (Å²) in [6.45, 7) is 3.65. The first-order valence-electron chi connectivity index (χ1n) is 9.50. The molecule has 1 fully saturated rings. The Hall–Kier alpha value is -2.99. The molecule has 2 aromatic carbocycles. The Balaban J connectivity index is 1.42. The maximum Gasteiger partial charge on any atom is 0.292 e. The van der Waals surface area contributed by atoms with Gasteiger partial charge in [0.25, 0.3) is 5.91 Å². The van der Waals surface area contributed by atoms with E-state index in [2.05, 4.69) is 15.5 Å². The molecule has 1 saturated heterocycles. The van der Waals surface area contributed by atoms with Gasteiger partial charge < -0.3 is 10.6 Å². The van der Waals surface area contributed by atoms with E-state index in [0.29, 0.717) is 38.0 Å². The van der Waals surface area contributed by atoms with Gasteiger partial charge in [-0.25, -0.2) is 0 Å². The van der Waals surface area contributed by atoms with Crippen molar-refractivity contribution in [1.82, 2.24) is 10.2 Å². The number of hydrogen-bond acceptors (Lipinski definition) is 4. The monoisotopic (exact) mass is 379 g/mol. The normalized spacial score (nSPS) is 15.0. The molecule has 0 aromatic heterocycles. The summed E-state index contributed by atoms with van der Waals surface area (Å²) < 4.78 is 0. The Labute approximate surface area is 164 Å². The van der Waals surface area contributed by atoms with Gasteiger partial charge in [-0.1, -0.05) is 48.0 Å². The highest BCUT2D eigenvalue weighted by Crippen LogP contribution is 2.12. The Kier molecular flexibility index (Phi) is 6.55. The van der Waals surface area contributed by atoms with E-state index in [4.69, 9.17) is 0 Å². The number of likely N-dealkylation sites (tertiary alicyclic amines) is 1. The topological polar surface area (TPSA) is 78.5 Å². The number of nitrogens with zero attached hydrogens (tertiary/aromatic N) is 1. The molecule has 1 heterocycles. The lowest BCUT2D eigenvalue weighted by Crippen LogP contribution is -2.48. The Morgan fingerprint density at radius 3 is 2.25 bits per heavy atom. The standard InChI is InChI=1S/C22H25N3O3/c1-16-7-9-17(10-8-16)21(27)22(28)24-19-11-13-25(14-12-19)15-20(26)23-18-5-3-2-4-6-18/h2-10,19H,11-15H2,1H3,(H,23,26)(H,24,28). The minimum Gasteiger partial charge on any atom is -0.346 e. The zero-order valence-corrected chi connectivity index (χ0v) is 16.0. The lowest BCUT2D eigenvalue weighted by atomic mass is 10.0. The van der Waals surface area contributed by atoms with Gasteiger partial charge in [0, 0.05) is 30.4 Å². The summed E-state index contributed by atoms with van der Waals surface area (Å²) in [7, 11) is 0. The average Bonchev–Trinajstić information content (AvgIpc) is 2.70. The second-order valence-corrected chi connectivity index (χ2v) is 7.13. The third kappa shape index (κ3) is 5.50. The molecule has 2 aromatic rings. The minimum atomic E-state index is -0.566. The largest absolute Gasteiger partial charge is 0.346 e. The van der Waals surface area contributed by atoms with Crippen molar-refractivity contribution in [2.24, 2.45) is 0 Å². The number of Topliss-reactive ketones (excluding diaryl/α,β-unsaturated/α-hetero) is 1. The molecule has 2 amide bonds. The molecule has 0 unspecified atom stereocenters. The first-order valence-corrected chi connectivity index (χ1v) is 9.50. The third-order valence-electron chi connectivity index (χ3n) is 4.87. The van der Waals surface area contributed by atoms with E-state index < -0.39 is 11.7 Å². The third-order valence-corrected chi connectivity index (χ3v) is 4.87. The number of nitrogens with one attached hydrogen (secondary N) is 2. The predicted octanol–water partition coefficient (Wildman–Crippen LogP) is 2.40. The van der Waals surface area contributed by atoms with Gasteiger partial charge in [-0.3, -0.25) is 19.3 Å². The molecule has 6 heteroatoms. The van der Waals surface area contributed by atoms with Crippen molar-refractivity contribution in [2.45, 2.75) is 25.8 Å². The van der Waals surface area contributed by atoms with Crippen LogP contribution in [0.3, 0.4) is 0 Å². The van der Waals surface area contributed by atoms with Crippen LogP contribution < -0.4 is 10.6 Å². The van der Waals surface area contributed by atoms with Crippen LogP contribution in [-0.4, -0.2) is 48.2 Å². The number of piperidine rings is 1. The Bertz CT molecular complexity index is 826. The maximum atomic E-state index is 12.2. The highest BCUT2D eigenvalue weighted by molar-refractivity contribution is 6.42. The lowest BCUT2D eigenvalue weighted by molar-refractivity contribution is -0.119. The molecule has 6 nitrogen and oxygen atoms in total. The van der Waals surface area contributed by atoms with Crippen molar-refractivity contribution in [2.75, 3.05) is 25.0 Å². The zero-order valence-electron chi connectivity index (χ0n) is 16.0. The van der Waals surface area contributed by atoms with E-state index >= 15 is 0 Å². The highest BCUT2D eigenvalue weighted by atomic mass is 16.2. The van der Waals surface area contributed by atoms with Gasteiger partial charge in [-0.2, -0.15) is 0 Å². The van der Waals surface area contributed by atoms with Gasteiger partial charge in [-0.15, -0.1) is 0 Å². The van der Waals surface area contributed by atoms with Crippen molar-refractivity contribution in [3.8, 4) is 0 Å². The van der Waals surface area contributed by atoms with E-state index in [1.807, 2.05) is 49.4 Å². The van der Waals surface area contributed by atoms with Crippen LogP contribution in [0.2, 0.25) is 0 Å². The second kappa shape index (κ2) is 9.28. The fourth-order valence-electron chi connectivity index (χ4n) is 3.25. The number of para-hydroxylation sites is 1. The van der Waals surface area contributed by atoms with Crippen LogP contribution in [0, 0.1) is 6.92 Å². The molecule has 3 rings (SSSR count). The minimum absolute atomic E-state index is 0.0460. The van der Waals surface area contributed by atoms with Crippen LogP contribution in [0.15, 0.2) is 54.6 Å². The number of aryl methyl sites for hydroxylation is 1. The van der Waals surface area contributed by atoms with E-state index in [-0.39, 0.29) is 11.9 Å². The zero-order chi connectivity index (χ0) is 19.9. The van der Waals surface area contributed by atoms with Gasteiger partial charge in [0.05, 0.1) is 6.54 Å². The molecule has 146 valence electrons. The van der Waals surface area contributed by atoms with Crippen molar-refractivity contribution in [3.05, 3.63) is 65.7 Å². The second-order valence-electron chi connectivity index (χ2n) is 7.13. The number of rotatable bonds is 6. The number of amides is 2. The van der Waals surface area contributed by atoms with E-state index in [9.17, 15) is 14.4 Å². The van der Waals surface area contributed by atoms with Crippen molar-refractivity contribution in [1.29, 1.82) is 0 Å². The molecule has 28 heavy (non-hydrogen) atoms. The SMILES string of the molecule is Cc1ccc(C(=O)C(=O)NC2CCN(CC(=O)Nc3ccccc3)CC2)cc1. The van der Waals surface area contributed by atoms with E-state index in [0.717, 1.165) is 11.3 Å². The van der Waals surface area contributed by atoms with Crippen LogP contribution >= 0.6 is 0 Å². The molecule has 0 saturated carbocycles. The number of ketones is 1.